The Morgan fingerprint density at radius 1 is 1.33 bits per heavy atom. The van der Waals surface area contributed by atoms with Crippen molar-refractivity contribution in [2.75, 3.05) is 11.1 Å². The van der Waals surface area contributed by atoms with Gasteiger partial charge in [0, 0.05) is 11.8 Å². The van der Waals surface area contributed by atoms with Gasteiger partial charge in [-0.25, -0.2) is 9.37 Å². The molecule has 0 amide bonds. The number of nitrogens with two attached hydrogens (primary N) is 1. The number of nitrogens with one attached hydrogen (secondary N) is 1. The molecule has 1 aromatic heterocycles. The third-order valence-corrected chi connectivity index (χ3v) is 2.23. The van der Waals surface area contributed by atoms with Gasteiger partial charge >= 0.3 is 0 Å². The predicted molar refractivity (Wildman–Crippen MR) is 65.6 cm³/mol. The zero-order chi connectivity index (χ0) is 13.1. The van der Waals surface area contributed by atoms with E-state index >= 15 is 0 Å². The van der Waals surface area contributed by atoms with Crippen LogP contribution in [-0.2, 0) is 0 Å². The van der Waals surface area contributed by atoms with E-state index in [-0.39, 0.29) is 17.2 Å². The van der Waals surface area contributed by atoms with E-state index in [2.05, 4.69) is 15.3 Å². The molecule has 3 N–H and O–H groups in total. The van der Waals surface area contributed by atoms with Crippen molar-refractivity contribution in [3.8, 4) is 6.07 Å². The molecule has 0 fully saturated rings. The van der Waals surface area contributed by atoms with Crippen LogP contribution in [0.25, 0.3) is 0 Å². The van der Waals surface area contributed by atoms with Crippen LogP contribution < -0.4 is 11.1 Å². The van der Waals surface area contributed by atoms with E-state index in [1.165, 1.54) is 12.1 Å². The van der Waals surface area contributed by atoms with Crippen molar-refractivity contribution in [3.63, 3.8) is 0 Å². The van der Waals surface area contributed by atoms with Gasteiger partial charge in [-0.2, -0.15) is 10.2 Å². The smallest absolute Gasteiger partial charge is 0.222 e. The molecular formula is C12H10FN5. The van der Waals surface area contributed by atoms with Gasteiger partial charge in [0.05, 0.1) is 17.3 Å². The Kier molecular flexibility index (Phi) is 3.06. The van der Waals surface area contributed by atoms with E-state index in [4.69, 9.17) is 11.0 Å². The second-order valence-electron chi connectivity index (χ2n) is 3.68. The van der Waals surface area contributed by atoms with Crippen molar-refractivity contribution in [2.45, 2.75) is 6.92 Å². The molecule has 90 valence electrons. The number of halogens is 1. The molecule has 5 nitrogen and oxygen atoms in total. The number of hydrogen-bond donors (Lipinski definition) is 2. The van der Waals surface area contributed by atoms with E-state index in [1.807, 2.05) is 6.07 Å². The summed E-state index contributed by atoms with van der Waals surface area (Å²) in [7, 11) is 0. The molecule has 0 spiro atoms. The topological polar surface area (TPSA) is 87.6 Å². The molecular weight excluding hydrogens is 233 g/mol. The van der Waals surface area contributed by atoms with Crippen molar-refractivity contribution in [1.29, 1.82) is 5.26 Å². The van der Waals surface area contributed by atoms with Crippen molar-refractivity contribution in [3.05, 3.63) is 41.3 Å². The number of nitrogens with zero attached hydrogens (tertiary/aromatic N) is 3. The molecule has 6 heteroatoms. The minimum Gasteiger partial charge on any atom is -0.368 e. The monoisotopic (exact) mass is 243 g/mol. The summed E-state index contributed by atoms with van der Waals surface area (Å²) < 4.78 is 13.6. The molecule has 0 unspecified atom stereocenters. The Labute approximate surface area is 103 Å². The fourth-order valence-corrected chi connectivity index (χ4v) is 1.48. The first-order valence-corrected chi connectivity index (χ1v) is 5.16. The average Bonchev–Trinajstić information content (AvgIpc) is 2.30. The number of hydrogen-bond acceptors (Lipinski definition) is 5. The van der Waals surface area contributed by atoms with Gasteiger partial charge in [-0.15, -0.1) is 0 Å². The van der Waals surface area contributed by atoms with Crippen molar-refractivity contribution in [2.24, 2.45) is 0 Å². The Bertz CT molecular complexity index is 613. The van der Waals surface area contributed by atoms with Crippen LogP contribution in [0.3, 0.4) is 0 Å². The van der Waals surface area contributed by atoms with Gasteiger partial charge < -0.3 is 11.1 Å². The summed E-state index contributed by atoms with van der Waals surface area (Å²) in [5.74, 6) is -0.000882. The van der Waals surface area contributed by atoms with E-state index in [0.29, 0.717) is 11.5 Å². The lowest BCUT2D eigenvalue weighted by molar-refractivity contribution is 0.631. The van der Waals surface area contributed by atoms with Gasteiger partial charge in [-0.1, -0.05) is 0 Å². The standard InChI is InChI=1S/C12H10FN5/c1-7-4-11(18-12(15)16-7)17-10-3-2-8(6-14)5-9(10)13/h2-5H,1H3,(H3,15,16,17,18). The quantitative estimate of drug-likeness (QED) is 0.843. The van der Waals surface area contributed by atoms with Gasteiger partial charge in [-0.3, -0.25) is 0 Å². The number of aromatic nitrogens is 2. The summed E-state index contributed by atoms with van der Waals surface area (Å²) in [6.45, 7) is 1.76. The minimum atomic E-state index is -0.524. The molecule has 0 saturated carbocycles. The Morgan fingerprint density at radius 2 is 2.11 bits per heavy atom. The van der Waals surface area contributed by atoms with Crippen molar-refractivity contribution >= 4 is 17.5 Å². The summed E-state index contributed by atoms with van der Waals surface area (Å²) in [4.78, 5) is 7.85. The second-order valence-corrected chi connectivity index (χ2v) is 3.68. The average molecular weight is 243 g/mol. The van der Waals surface area contributed by atoms with E-state index in [9.17, 15) is 4.39 Å². The molecule has 2 rings (SSSR count). The normalized spacial score (nSPS) is 9.83. The van der Waals surface area contributed by atoms with E-state index in [0.717, 1.165) is 6.07 Å². The predicted octanol–water partition coefficient (Wildman–Crippen LogP) is 2.12. The van der Waals surface area contributed by atoms with Crippen LogP contribution in [0.5, 0.6) is 0 Å². The molecule has 0 aliphatic rings. The first kappa shape index (κ1) is 11.8. The minimum absolute atomic E-state index is 0.117. The van der Waals surface area contributed by atoms with Crippen LogP contribution in [0.4, 0.5) is 21.8 Å². The molecule has 0 atom stereocenters. The highest BCUT2D eigenvalue weighted by Gasteiger charge is 2.05. The highest BCUT2D eigenvalue weighted by Crippen LogP contribution is 2.20. The third-order valence-electron chi connectivity index (χ3n) is 2.23. The van der Waals surface area contributed by atoms with Crippen molar-refractivity contribution in [1.82, 2.24) is 9.97 Å². The first-order valence-electron chi connectivity index (χ1n) is 5.16. The summed E-state index contributed by atoms with van der Waals surface area (Å²) in [6.07, 6.45) is 0. The SMILES string of the molecule is Cc1cc(Nc2ccc(C#N)cc2F)nc(N)n1. The van der Waals surface area contributed by atoms with E-state index in [1.54, 1.807) is 13.0 Å². The molecule has 0 saturated heterocycles. The maximum absolute atomic E-state index is 13.6. The maximum Gasteiger partial charge on any atom is 0.222 e. The molecule has 1 heterocycles. The molecule has 0 aliphatic carbocycles. The fourth-order valence-electron chi connectivity index (χ4n) is 1.48. The number of rotatable bonds is 2. The highest BCUT2D eigenvalue weighted by atomic mass is 19.1. The van der Waals surface area contributed by atoms with Crippen molar-refractivity contribution < 1.29 is 4.39 Å². The molecule has 2 aromatic rings. The molecule has 1 aromatic carbocycles. The van der Waals surface area contributed by atoms with Crippen LogP contribution in [0.2, 0.25) is 0 Å². The number of anilines is 3. The fraction of sp³-hybridized carbons (Fsp3) is 0.0833. The number of nitrogen functional groups attached to an aromatic ring is 1. The van der Waals surface area contributed by atoms with Gasteiger partial charge in [0.15, 0.2) is 0 Å². The molecule has 0 radical (unpaired) electrons. The lowest BCUT2D eigenvalue weighted by atomic mass is 10.2. The third kappa shape index (κ3) is 2.52. The second kappa shape index (κ2) is 4.67. The summed E-state index contributed by atoms with van der Waals surface area (Å²) in [5, 5.41) is 11.4. The van der Waals surface area contributed by atoms with Gasteiger partial charge in [-0.05, 0) is 25.1 Å². The summed E-state index contributed by atoms with van der Waals surface area (Å²) in [5.41, 5.74) is 6.67. The Morgan fingerprint density at radius 3 is 2.72 bits per heavy atom. The lowest BCUT2D eigenvalue weighted by Crippen LogP contribution is -2.02. The van der Waals surface area contributed by atoms with Crippen LogP contribution in [-0.4, -0.2) is 9.97 Å². The zero-order valence-electron chi connectivity index (χ0n) is 9.61. The van der Waals surface area contributed by atoms with E-state index < -0.39 is 5.82 Å². The first-order chi connectivity index (χ1) is 8.58. The van der Waals surface area contributed by atoms with Gasteiger partial charge in [0.25, 0.3) is 0 Å². The Hall–Kier alpha value is -2.68. The van der Waals surface area contributed by atoms with Gasteiger partial charge in [0.2, 0.25) is 5.95 Å². The molecule has 0 aliphatic heterocycles. The number of nitriles is 1. The summed E-state index contributed by atoms with van der Waals surface area (Å²) >= 11 is 0. The summed E-state index contributed by atoms with van der Waals surface area (Å²) in [6, 6.07) is 7.65. The zero-order valence-corrected chi connectivity index (χ0v) is 9.61. The molecule has 18 heavy (non-hydrogen) atoms. The highest BCUT2D eigenvalue weighted by molar-refractivity contribution is 5.59. The molecule has 0 bridgehead atoms. The lowest BCUT2D eigenvalue weighted by Gasteiger charge is -2.08. The number of benzene rings is 1. The largest absolute Gasteiger partial charge is 0.368 e. The maximum atomic E-state index is 13.6. The van der Waals surface area contributed by atoms with Gasteiger partial charge in [0.1, 0.15) is 11.6 Å². The van der Waals surface area contributed by atoms with Crippen LogP contribution in [0, 0.1) is 24.1 Å². The van der Waals surface area contributed by atoms with Crippen LogP contribution >= 0.6 is 0 Å². The van der Waals surface area contributed by atoms with Crippen LogP contribution in [0.1, 0.15) is 11.3 Å². The Balaban J connectivity index is 2.31. The van der Waals surface area contributed by atoms with Crippen LogP contribution in [0.15, 0.2) is 24.3 Å². The number of aryl methyl sites for hydroxylation is 1.